The summed E-state index contributed by atoms with van der Waals surface area (Å²) < 4.78 is 0. The highest BCUT2D eigenvalue weighted by Crippen LogP contribution is 2.08. The second-order valence-corrected chi connectivity index (χ2v) is 3.67. The van der Waals surface area contributed by atoms with Crippen LogP contribution in [0.5, 0.6) is 0 Å². The number of piperazine rings is 1. The third kappa shape index (κ3) is 2.67. The molecular weight excluding hydrogens is 168 g/mol. The lowest BCUT2D eigenvalue weighted by molar-refractivity contribution is -0.136. The van der Waals surface area contributed by atoms with Crippen molar-refractivity contribution in [2.75, 3.05) is 33.3 Å². The molecule has 0 bridgehead atoms. The van der Waals surface area contributed by atoms with Crippen LogP contribution in [-0.2, 0) is 4.79 Å². The molecule has 1 heterocycles. The van der Waals surface area contributed by atoms with E-state index in [1.54, 1.807) is 4.90 Å². The van der Waals surface area contributed by atoms with Crippen LogP contribution in [0, 0.1) is 0 Å². The number of carbonyl (C=O) groups is 1. The minimum absolute atomic E-state index is 0.177. The first-order valence-corrected chi connectivity index (χ1v) is 4.74. The molecular formula is C9H18N2O2. The van der Waals surface area contributed by atoms with Crippen molar-refractivity contribution >= 4 is 5.91 Å². The van der Waals surface area contributed by atoms with Crippen LogP contribution in [0.25, 0.3) is 0 Å². The van der Waals surface area contributed by atoms with Gasteiger partial charge >= 0.3 is 0 Å². The van der Waals surface area contributed by atoms with Gasteiger partial charge in [-0.1, -0.05) is 0 Å². The molecule has 1 amide bonds. The minimum atomic E-state index is 0.177. The van der Waals surface area contributed by atoms with Crippen molar-refractivity contribution in [1.29, 1.82) is 0 Å². The standard InChI is InChI=1S/C9H18N2O2/c1-8-6-10(2)9(13)7-11(8)4-3-5-12/h8,12H,3-7H2,1-2H3. The third-order valence-corrected chi connectivity index (χ3v) is 2.53. The Morgan fingerprint density at radius 2 is 2.31 bits per heavy atom. The molecule has 76 valence electrons. The van der Waals surface area contributed by atoms with Crippen molar-refractivity contribution in [3.63, 3.8) is 0 Å². The average Bonchev–Trinajstić information content (AvgIpc) is 2.09. The molecule has 1 unspecified atom stereocenters. The van der Waals surface area contributed by atoms with Gasteiger partial charge in [0.25, 0.3) is 0 Å². The maximum absolute atomic E-state index is 11.3. The fraction of sp³-hybridized carbons (Fsp3) is 0.889. The van der Waals surface area contributed by atoms with E-state index in [4.69, 9.17) is 5.11 Å². The number of aliphatic hydroxyl groups excluding tert-OH is 1. The first-order valence-electron chi connectivity index (χ1n) is 4.74. The Kier molecular flexibility index (Phi) is 3.69. The Morgan fingerprint density at radius 1 is 1.62 bits per heavy atom. The summed E-state index contributed by atoms with van der Waals surface area (Å²) in [6.45, 7) is 4.42. The Bertz CT molecular complexity index is 184. The van der Waals surface area contributed by atoms with Gasteiger partial charge in [0.1, 0.15) is 0 Å². The maximum Gasteiger partial charge on any atom is 0.236 e. The molecule has 0 saturated carbocycles. The van der Waals surface area contributed by atoms with Gasteiger partial charge in [-0.2, -0.15) is 0 Å². The van der Waals surface area contributed by atoms with Crippen LogP contribution in [0.3, 0.4) is 0 Å². The summed E-state index contributed by atoms with van der Waals surface area (Å²) in [5.74, 6) is 0.177. The van der Waals surface area contributed by atoms with Crippen LogP contribution in [0.2, 0.25) is 0 Å². The number of aliphatic hydroxyl groups is 1. The molecule has 1 saturated heterocycles. The quantitative estimate of drug-likeness (QED) is 0.648. The van der Waals surface area contributed by atoms with Crippen molar-refractivity contribution in [1.82, 2.24) is 9.80 Å². The van der Waals surface area contributed by atoms with Crippen LogP contribution in [0.15, 0.2) is 0 Å². The van der Waals surface area contributed by atoms with Crippen molar-refractivity contribution in [2.45, 2.75) is 19.4 Å². The van der Waals surface area contributed by atoms with E-state index in [9.17, 15) is 4.79 Å². The third-order valence-electron chi connectivity index (χ3n) is 2.53. The highest BCUT2D eigenvalue weighted by molar-refractivity contribution is 5.78. The van der Waals surface area contributed by atoms with Crippen LogP contribution in [0.4, 0.5) is 0 Å². The number of likely N-dealkylation sites (N-methyl/N-ethyl adjacent to an activating group) is 1. The maximum atomic E-state index is 11.3. The number of hydrogen-bond donors (Lipinski definition) is 1. The molecule has 1 atom stereocenters. The van der Waals surface area contributed by atoms with Gasteiger partial charge in [0.15, 0.2) is 0 Å². The Morgan fingerprint density at radius 3 is 2.92 bits per heavy atom. The van der Waals surface area contributed by atoms with Gasteiger partial charge < -0.3 is 10.0 Å². The SMILES string of the molecule is CC1CN(C)C(=O)CN1CCCO. The van der Waals surface area contributed by atoms with Gasteiger partial charge in [-0.3, -0.25) is 9.69 Å². The van der Waals surface area contributed by atoms with Gasteiger partial charge in [0.05, 0.1) is 6.54 Å². The average molecular weight is 186 g/mol. The highest BCUT2D eigenvalue weighted by Gasteiger charge is 2.26. The zero-order valence-corrected chi connectivity index (χ0v) is 8.36. The second kappa shape index (κ2) is 4.58. The van der Waals surface area contributed by atoms with Crippen LogP contribution in [0.1, 0.15) is 13.3 Å². The topological polar surface area (TPSA) is 43.8 Å². The fourth-order valence-electron chi connectivity index (χ4n) is 1.64. The first kappa shape index (κ1) is 10.5. The molecule has 0 spiro atoms. The molecule has 1 aliphatic heterocycles. The van der Waals surface area contributed by atoms with E-state index in [1.165, 1.54) is 0 Å². The molecule has 1 aliphatic rings. The smallest absolute Gasteiger partial charge is 0.236 e. The second-order valence-electron chi connectivity index (χ2n) is 3.67. The molecule has 4 heteroatoms. The molecule has 0 aromatic rings. The number of nitrogens with zero attached hydrogens (tertiary/aromatic N) is 2. The van der Waals surface area contributed by atoms with Gasteiger partial charge in [-0.25, -0.2) is 0 Å². The normalized spacial score (nSPS) is 25.3. The Balaban J connectivity index is 2.41. The number of rotatable bonds is 3. The van der Waals surface area contributed by atoms with Gasteiger partial charge in [-0.05, 0) is 13.3 Å². The summed E-state index contributed by atoms with van der Waals surface area (Å²) in [6.07, 6.45) is 0.751. The molecule has 13 heavy (non-hydrogen) atoms. The van der Waals surface area contributed by atoms with E-state index < -0.39 is 0 Å². The minimum Gasteiger partial charge on any atom is -0.396 e. The van der Waals surface area contributed by atoms with Crippen molar-refractivity contribution in [3.05, 3.63) is 0 Å². The lowest BCUT2D eigenvalue weighted by atomic mass is 10.2. The Labute approximate surface area is 79.1 Å². The van der Waals surface area contributed by atoms with Gasteiger partial charge in [0, 0.05) is 32.8 Å². The summed E-state index contributed by atoms with van der Waals surface area (Å²) in [4.78, 5) is 15.2. The monoisotopic (exact) mass is 186 g/mol. The number of amides is 1. The van der Waals surface area contributed by atoms with Crippen LogP contribution >= 0.6 is 0 Å². The largest absolute Gasteiger partial charge is 0.396 e. The van der Waals surface area contributed by atoms with E-state index in [-0.39, 0.29) is 12.5 Å². The van der Waals surface area contributed by atoms with Crippen LogP contribution < -0.4 is 0 Å². The summed E-state index contributed by atoms with van der Waals surface area (Å²) in [6, 6.07) is 0.411. The molecule has 1 fully saturated rings. The van der Waals surface area contributed by atoms with Crippen molar-refractivity contribution < 1.29 is 9.90 Å². The van der Waals surface area contributed by atoms with E-state index in [2.05, 4.69) is 11.8 Å². The predicted octanol–water partition coefficient (Wildman–Crippen LogP) is -0.469. The fourth-order valence-corrected chi connectivity index (χ4v) is 1.64. The van der Waals surface area contributed by atoms with E-state index >= 15 is 0 Å². The molecule has 0 aromatic heterocycles. The van der Waals surface area contributed by atoms with E-state index in [0.29, 0.717) is 12.6 Å². The van der Waals surface area contributed by atoms with E-state index in [0.717, 1.165) is 19.5 Å². The van der Waals surface area contributed by atoms with Crippen molar-refractivity contribution in [3.8, 4) is 0 Å². The zero-order chi connectivity index (χ0) is 9.84. The predicted molar refractivity (Wildman–Crippen MR) is 50.4 cm³/mol. The van der Waals surface area contributed by atoms with Crippen molar-refractivity contribution in [2.24, 2.45) is 0 Å². The molecule has 0 radical (unpaired) electrons. The summed E-state index contributed by atoms with van der Waals surface area (Å²) in [7, 11) is 1.84. The lowest BCUT2D eigenvalue weighted by Crippen LogP contribution is -2.53. The summed E-state index contributed by atoms with van der Waals surface area (Å²) in [5, 5.41) is 8.68. The number of carbonyl (C=O) groups excluding carboxylic acids is 1. The first-order chi connectivity index (χ1) is 6.15. The zero-order valence-electron chi connectivity index (χ0n) is 8.36. The van der Waals surface area contributed by atoms with Gasteiger partial charge in [0.2, 0.25) is 5.91 Å². The van der Waals surface area contributed by atoms with Gasteiger partial charge in [-0.15, -0.1) is 0 Å². The molecule has 0 aliphatic carbocycles. The molecule has 0 aromatic carbocycles. The summed E-state index contributed by atoms with van der Waals surface area (Å²) in [5.41, 5.74) is 0. The van der Waals surface area contributed by atoms with E-state index in [1.807, 2.05) is 7.05 Å². The highest BCUT2D eigenvalue weighted by atomic mass is 16.3. The molecule has 4 nitrogen and oxygen atoms in total. The van der Waals surface area contributed by atoms with Crippen LogP contribution in [-0.4, -0.2) is 60.1 Å². The Hall–Kier alpha value is -0.610. The molecule has 1 N–H and O–H groups in total. The lowest BCUT2D eigenvalue weighted by Gasteiger charge is -2.37. The number of hydrogen-bond acceptors (Lipinski definition) is 3. The molecule has 1 rings (SSSR count). The summed E-state index contributed by atoms with van der Waals surface area (Å²) >= 11 is 0.